The van der Waals surface area contributed by atoms with Crippen molar-refractivity contribution in [1.82, 2.24) is 4.31 Å². The Labute approximate surface area is 316 Å². The van der Waals surface area contributed by atoms with Crippen LogP contribution in [0.4, 0.5) is 22.7 Å². The summed E-state index contributed by atoms with van der Waals surface area (Å²) in [6, 6.07) is 9.76. The number of nitrogens with one attached hydrogen (secondary N) is 1. The molecule has 17 nitrogen and oxygen atoms in total. The van der Waals surface area contributed by atoms with E-state index in [1.54, 1.807) is 27.7 Å². The van der Waals surface area contributed by atoms with Gasteiger partial charge in [-0.05, 0) is 64.1 Å². The number of sulfone groups is 1. The molecular weight excluding hydrogens is 762 g/mol. The Balaban J connectivity index is 0.00000702. The fraction of sp³-hybridized carbons (Fsp3) is 0.241. The number of sulfonamides is 2. The monoisotopic (exact) mass is 791 g/mol. The summed E-state index contributed by atoms with van der Waals surface area (Å²) < 4.78 is 118. The van der Waals surface area contributed by atoms with E-state index in [0.29, 0.717) is 6.07 Å². The van der Waals surface area contributed by atoms with Crippen molar-refractivity contribution in [2.24, 2.45) is 10.2 Å². The second-order valence-corrected chi connectivity index (χ2v) is 18.3. The Morgan fingerprint density at radius 1 is 0.784 bits per heavy atom. The van der Waals surface area contributed by atoms with E-state index in [0.717, 1.165) is 53.0 Å². The summed E-state index contributed by atoms with van der Waals surface area (Å²) in [6.45, 7) is 6.43. The zero-order chi connectivity index (χ0) is 37.6. The van der Waals surface area contributed by atoms with Crippen LogP contribution in [0.3, 0.4) is 0 Å². The molecule has 4 aromatic rings. The van der Waals surface area contributed by atoms with Crippen LogP contribution in [0.2, 0.25) is 0 Å². The molecule has 0 spiro atoms. The molecule has 0 saturated heterocycles. The molecule has 0 aliphatic carbocycles. The molecule has 0 aliphatic heterocycles. The van der Waals surface area contributed by atoms with E-state index < -0.39 is 93.7 Å². The zero-order valence-corrected chi connectivity index (χ0v) is 33.1. The molecule has 0 aliphatic rings. The van der Waals surface area contributed by atoms with E-state index in [2.05, 4.69) is 15.0 Å². The van der Waals surface area contributed by atoms with Crippen LogP contribution in [0.5, 0.6) is 5.75 Å². The molecule has 0 radical (unpaired) electrons. The molecule has 4 rings (SSSR count). The van der Waals surface area contributed by atoms with Gasteiger partial charge in [-0.15, -0.1) is 10.2 Å². The number of benzene rings is 4. The number of phenolic OH excluding ortho intramolecular Hbond substituents is 1. The number of rotatable bonds is 12. The molecule has 268 valence electrons. The Morgan fingerprint density at radius 2 is 1.35 bits per heavy atom. The van der Waals surface area contributed by atoms with Gasteiger partial charge in [0.15, 0.2) is 9.84 Å². The Kier molecular flexibility index (Phi) is 12.5. The molecule has 4 aromatic carbocycles. The third-order valence-electron chi connectivity index (χ3n) is 7.12. The molecular formula is C29H30N5NaO12S4. The SMILES string of the molecule is CC(C)N(C(C)C)S(=O)(=O)c1cc(/N=N/c2ccc([N+](=O)[O-])cc2S(C)(=O)=O)c2c(NS(=O)(=O)c3cccc(S(=O)(=O)[O-])c3)cccc2c1O.[Na+]. The number of nitrogens with zero attached hydrogens (tertiary/aromatic N) is 4. The maximum atomic E-state index is 14.0. The van der Waals surface area contributed by atoms with Gasteiger partial charge >= 0.3 is 29.6 Å². The predicted octanol–water partition coefficient (Wildman–Crippen LogP) is 1.79. The first-order valence-corrected chi connectivity index (χ1v) is 20.5. The Morgan fingerprint density at radius 3 is 1.90 bits per heavy atom. The first kappa shape index (κ1) is 41.9. The molecule has 0 fully saturated rings. The number of nitro groups is 1. The van der Waals surface area contributed by atoms with Crippen LogP contribution in [-0.2, 0) is 40.0 Å². The summed E-state index contributed by atoms with van der Waals surface area (Å²) in [6.07, 6.45) is 0.776. The number of azo groups is 1. The number of anilines is 1. The topological polar surface area (TPSA) is 263 Å². The molecule has 0 amide bonds. The van der Waals surface area contributed by atoms with Crippen molar-refractivity contribution in [3.05, 3.63) is 76.8 Å². The van der Waals surface area contributed by atoms with Crippen molar-refractivity contribution >= 4 is 73.5 Å². The number of aromatic hydroxyl groups is 1. The van der Waals surface area contributed by atoms with Crippen molar-refractivity contribution in [3.63, 3.8) is 0 Å². The van der Waals surface area contributed by atoms with Gasteiger partial charge in [0.2, 0.25) is 10.0 Å². The minimum absolute atomic E-state index is 0. The van der Waals surface area contributed by atoms with Crippen LogP contribution in [0.1, 0.15) is 27.7 Å². The number of phenols is 1. The molecule has 51 heavy (non-hydrogen) atoms. The molecule has 2 N–H and O–H groups in total. The summed E-state index contributed by atoms with van der Waals surface area (Å²) in [5.74, 6) is -0.794. The van der Waals surface area contributed by atoms with E-state index in [1.807, 2.05) is 0 Å². The molecule has 0 atom stereocenters. The second kappa shape index (κ2) is 15.2. The van der Waals surface area contributed by atoms with Crippen molar-refractivity contribution in [1.29, 1.82) is 0 Å². The van der Waals surface area contributed by atoms with E-state index in [1.165, 1.54) is 18.2 Å². The summed E-state index contributed by atoms with van der Waals surface area (Å²) in [5.41, 5.74) is -1.66. The van der Waals surface area contributed by atoms with Crippen LogP contribution in [0, 0.1) is 10.1 Å². The summed E-state index contributed by atoms with van der Waals surface area (Å²) in [7, 11) is -18.4. The van der Waals surface area contributed by atoms with Crippen molar-refractivity contribution < 1.29 is 77.8 Å². The molecule has 0 saturated carbocycles. The van der Waals surface area contributed by atoms with Gasteiger partial charge in [-0.3, -0.25) is 14.8 Å². The normalized spacial score (nSPS) is 12.9. The van der Waals surface area contributed by atoms with E-state index in [9.17, 15) is 53.4 Å². The zero-order valence-electron chi connectivity index (χ0n) is 27.9. The van der Waals surface area contributed by atoms with Crippen LogP contribution in [-0.4, -0.2) is 70.9 Å². The van der Waals surface area contributed by atoms with E-state index in [-0.39, 0.29) is 51.7 Å². The van der Waals surface area contributed by atoms with Gasteiger partial charge in [-0.2, -0.15) is 4.31 Å². The molecule has 0 bridgehead atoms. The standard InChI is InChI=1S/C29H31N5O12S4.Na/c1-17(2)33(18(3)4)49(42,43)27-16-25(31-30-23-13-12-19(34(36)37)14-26(23)47(5,38)39)28-22(29(27)35)10-7-11-24(28)32-48(40,41)20-8-6-9-21(15-20)50(44,45)46;/h6-18,32,35H,1-5H3,(H,44,45,46);/q;+1/p-1/b31-30+;. The van der Waals surface area contributed by atoms with Gasteiger partial charge in [0.05, 0.1) is 26.1 Å². The smallest absolute Gasteiger partial charge is 0.744 e. The number of nitro benzene ring substituents is 1. The van der Waals surface area contributed by atoms with Gasteiger partial charge < -0.3 is 9.66 Å². The molecule has 0 aromatic heterocycles. The molecule has 0 heterocycles. The summed E-state index contributed by atoms with van der Waals surface area (Å²) >= 11 is 0. The largest absolute Gasteiger partial charge is 1.00 e. The predicted molar refractivity (Wildman–Crippen MR) is 181 cm³/mol. The van der Waals surface area contributed by atoms with E-state index >= 15 is 0 Å². The van der Waals surface area contributed by atoms with Crippen LogP contribution >= 0.6 is 0 Å². The van der Waals surface area contributed by atoms with Gasteiger partial charge in [-0.1, -0.05) is 18.2 Å². The van der Waals surface area contributed by atoms with Crippen molar-refractivity contribution in [2.75, 3.05) is 11.0 Å². The minimum atomic E-state index is -5.04. The Hall–Kier alpha value is -3.54. The maximum absolute atomic E-state index is 14.0. The minimum Gasteiger partial charge on any atom is -0.744 e. The Bertz CT molecular complexity index is 2500. The number of fused-ring (bicyclic) bond motifs is 1. The third-order valence-corrected chi connectivity index (χ3v) is 12.7. The fourth-order valence-corrected chi connectivity index (χ4v) is 9.64. The second-order valence-electron chi connectivity index (χ2n) is 11.4. The van der Waals surface area contributed by atoms with Crippen LogP contribution < -0.4 is 34.3 Å². The average molecular weight is 792 g/mol. The van der Waals surface area contributed by atoms with Crippen LogP contribution in [0.25, 0.3) is 10.8 Å². The molecule has 0 unspecified atom stereocenters. The summed E-state index contributed by atoms with van der Waals surface area (Å²) in [4.78, 5) is 7.80. The summed E-state index contributed by atoms with van der Waals surface area (Å²) in [5, 5.41) is 30.3. The number of non-ortho nitro benzene ring substituents is 1. The van der Waals surface area contributed by atoms with Crippen molar-refractivity contribution in [3.8, 4) is 5.75 Å². The van der Waals surface area contributed by atoms with Gasteiger partial charge in [0.1, 0.15) is 31.3 Å². The van der Waals surface area contributed by atoms with Crippen LogP contribution in [0.15, 0.2) is 96.5 Å². The molecule has 22 heteroatoms. The fourth-order valence-electron chi connectivity index (χ4n) is 5.15. The van der Waals surface area contributed by atoms with E-state index in [4.69, 9.17) is 0 Å². The third kappa shape index (κ3) is 8.92. The van der Waals surface area contributed by atoms with Crippen molar-refractivity contribution in [2.45, 2.75) is 59.4 Å². The maximum Gasteiger partial charge on any atom is 1.00 e. The average Bonchev–Trinajstić information content (AvgIpc) is 2.99. The van der Waals surface area contributed by atoms with Gasteiger partial charge in [-0.25, -0.2) is 33.7 Å². The first-order chi connectivity index (χ1) is 23.0. The van der Waals surface area contributed by atoms with Gasteiger partial charge in [0.25, 0.3) is 15.7 Å². The first-order valence-electron chi connectivity index (χ1n) is 14.3. The number of hydrogen-bond donors (Lipinski definition) is 2. The quantitative estimate of drug-likeness (QED) is 0.0684. The van der Waals surface area contributed by atoms with Gasteiger partial charge in [0, 0.05) is 41.2 Å². The number of hydrogen-bond acceptors (Lipinski definition) is 14.